The van der Waals surface area contributed by atoms with Crippen LogP contribution >= 0.6 is 0 Å². The molecule has 0 atom stereocenters. The van der Waals surface area contributed by atoms with Crippen LogP contribution in [0.4, 0.5) is 0 Å². The molecular weight excluding hydrogens is 412 g/mol. The van der Waals surface area contributed by atoms with Crippen LogP contribution in [0.1, 0.15) is 30.2 Å². The molecule has 6 nitrogen and oxygen atoms in total. The fraction of sp³-hybridized carbons (Fsp3) is 0.167. The Morgan fingerprint density at radius 2 is 1.77 bits per heavy atom. The van der Waals surface area contributed by atoms with Crippen LogP contribution < -0.4 is 9.46 Å². The molecule has 0 fully saturated rings. The van der Waals surface area contributed by atoms with Gasteiger partial charge in [-0.1, -0.05) is 43.7 Å². The molecule has 0 spiro atoms. The number of nitrogens with zero attached hydrogens (tertiary/aromatic N) is 1. The van der Waals surface area contributed by atoms with Gasteiger partial charge < -0.3 is 4.74 Å². The van der Waals surface area contributed by atoms with Gasteiger partial charge in [0.05, 0.1) is 10.6 Å². The van der Waals surface area contributed by atoms with Crippen molar-refractivity contribution >= 4 is 22.0 Å². The van der Waals surface area contributed by atoms with E-state index < -0.39 is 15.9 Å². The van der Waals surface area contributed by atoms with Crippen LogP contribution in [0, 0.1) is 0 Å². The molecule has 0 saturated carbocycles. The Morgan fingerprint density at radius 1 is 1.03 bits per heavy atom. The van der Waals surface area contributed by atoms with Crippen molar-refractivity contribution in [1.29, 1.82) is 0 Å². The zero-order valence-electron chi connectivity index (χ0n) is 17.2. The highest BCUT2D eigenvalue weighted by Gasteiger charge is 2.15. The van der Waals surface area contributed by atoms with E-state index in [0.29, 0.717) is 12.4 Å². The van der Waals surface area contributed by atoms with E-state index in [-0.39, 0.29) is 4.90 Å². The van der Waals surface area contributed by atoms with Gasteiger partial charge in [0.15, 0.2) is 0 Å². The van der Waals surface area contributed by atoms with E-state index in [1.807, 2.05) is 18.2 Å². The summed E-state index contributed by atoms with van der Waals surface area (Å²) in [6.07, 6.45) is 6.29. The molecule has 1 heterocycles. The molecule has 0 radical (unpaired) electrons. The van der Waals surface area contributed by atoms with Crippen molar-refractivity contribution in [2.75, 3.05) is 0 Å². The lowest BCUT2D eigenvalue weighted by Crippen LogP contribution is -2.28. The molecule has 160 valence electrons. The summed E-state index contributed by atoms with van der Waals surface area (Å²) in [5.41, 5.74) is 2.62. The number of carbonyl (C=O) groups is 1. The third-order valence-electron chi connectivity index (χ3n) is 4.43. The molecule has 0 unspecified atom stereocenters. The number of nitrogens with one attached hydrogen (secondary N) is 1. The van der Waals surface area contributed by atoms with Crippen molar-refractivity contribution in [3.05, 3.63) is 95.8 Å². The highest BCUT2D eigenvalue weighted by atomic mass is 32.2. The number of ether oxygens (including phenoxy) is 1. The predicted molar refractivity (Wildman–Crippen MR) is 120 cm³/mol. The minimum Gasteiger partial charge on any atom is -0.487 e. The van der Waals surface area contributed by atoms with Crippen molar-refractivity contribution in [3.63, 3.8) is 0 Å². The van der Waals surface area contributed by atoms with Gasteiger partial charge in [-0.15, -0.1) is 0 Å². The first-order valence-corrected chi connectivity index (χ1v) is 11.4. The molecule has 0 bridgehead atoms. The fourth-order valence-corrected chi connectivity index (χ4v) is 3.78. The Balaban J connectivity index is 1.55. The summed E-state index contributed by atoms with van der Waals surface area (Å²) in [6.45, 7) is 2.41. The van der Waals surface area contributed by atoms with Gasteiger partial charge in [0.1, 0.15) is 12.4 Å². The van der Waals surface area contributed by atoms with Crippen LogP contribution in [0.25, 0.3) is 6.08 Å². The summed E-state index contributed by atoms with van der Waals surface area (Å²) >= 11 is 0. The maximum Gasteiger partial charge on any atom is 0.264 e. The Morgan fingerprint density at radius 3 is 2.42 bits per heavy atom. The molecule has 1 amide bonds. The number of carbonyl (C=O) groups excluding carboxylic acids is 1. The van der Waals surface area contributed by atoms with Gasteiger partial charge >= 0.3 is 0 Å². The standard InChI is InChI=1S/C24H24N2O4S/c1-2-5-19-9-14-23(15-10-19)31(28,29)26-24(27)16-11-20-7-12-22(13-8-20)30-18-21-6-3-4-17-25-21/h3-4,6-17H,2,5,18H2,1H3,(H,26,27)/b16-11+. The lowest BCUT2D eigenvalue weighted by Gasteiger charge is -2.06. The van der Waals surface area contributed by atoms with E-state index in [4.69, 9.17) is 4.74 Å². The van der Waals surface area contributed by atoms with E-state index in [9.17, 15) is 13.2 Å². The van der Waals surface area contributed by atoms with Gasteiger partial charge in [-0.25, -0.2) is 13.1 Å². The smallest absolute Gasteiger partial charge is 0.264 e. The van der Waals surface area contributed by atoms with Crippen molar-refractivity contribution in [1.82, 2.24) is 9.71 Å². The van der Waals surface area contributed by atoms with Crippen LogP contribution in [0.5, 0.6) is 5.75 Å². The average molecular weight is 437 g/mol. The van der Waals surface area contributed by atoms with Crippen LogP contribution in [0.3, 0.4) is 0 Å². The molecule has 3 rings (SSSR count). The first-order valence-electron chi connectivity index (χ1n) is 9.93. The van der Waals surface area contributed by atoms with Crippen molar-refractivity contribution in [2.45, 2.75) is 31.3 Å². The van der Waals surface area contributed by atoms with Gasteiger partial charge in [-0.3, -0.25) is 9.78 Å². The summed E-state index contributed by atoms with van der Waals surface area (Å²) in [7, 11) is -3.91. The summed E-state index contributed by atoms with van der Waals surface area (Å²) in [6, 6.07) is 19.2. The third-order valence-corrected chi connectivity index (χ3v) is 5.79. The van der Waals surface area contributed by atoms with Crippen LogP contribution in [-0.2, 0) is 27.8 Å². The minimum atomic E-state index is -3.91. The number of hydrogen-bond acceptors (Lipinski definition) is 5. The van der Waals surface area contributed by atoms with E-state index in [1.165, 1.54) is 24.3 Å². The van der Waals surface area contributed by atoms with Gasteiger partial charge in [-0.05, 0) is 60.0 Å². The predicted octanol–water partition coefficient (Wildman–Crippen LogP) is 4.13. The van der Waals surface area contributed by atoms with Crippen molar-refractivity contribution < 1.29 is 17.9 Å². The number of rotatable bonds is 9. The molecule has 1 aromatic heterocycles. The van der Waals surface area contributed by atoms with Crippen LogP contribution in [-0.4, -0.2) is 19.3 Å². The van der Waals surface area contributed by atoms with Gasteiger partial charge in [-0.2, -0.15) is 0 Å². The van der Waals surface area contributed by atoms with Gasteiger partial charge in [0.2, 0.25) is 0 Å². The van der Waals surface area contributed by atoms with Gasteiger partial charge in [0, 0.05) is 12.3 Å². The quantitative estimate of drug-likeness (QED) is 0.510. The number of pyridine rings is 1. The molecule has 31 heavy (non-hydrogen) atoms. The summed E-state index contributed by atoms with van der Waals surface area (Å²) in [5, 5.41) is 0. The Bertz CT molecular complexity index is 1120. The lowest BCUT2D eigenvalue weighted by atomic mass is 10.1. The molecule has 0 aliphatic carbocycles. The molecule has 2 aromatic carbocycles. The van der Waals surface area contributed by atoms with Gasteiger partial charge in [0.25, 0.3) is 15.9 Å². The summed E-state index contributed by atoms with van der Waals surface area (Å²) in [4.78, 5) is 16.3. The van der Waals surface area contributed by atoms with Crippen molar-refractivity contribution in [3.8, 4) is 5.75 Å². The topological polar surface area (TPSA) is 85.4 Å². The van der Waals surface area contributed by atoms with E-state index in [0.717, 1.165) is 29.7 Å². The monoisotopic (exact) mass is 436 g/mol. The number of hydrogen-bond donors (Lipinski definition) is 1. The SMILES string of the molecule is CCCc1ccc(S(=O)(=O)NC(=O)/C=C/c2ccc(OCc3ccccn3)cc2)cc1. The number of aryl methyl sites for hydroxylation is 1. The first-order chi connectivity index (χ1) is 15.0. The molecule has 0 aliphatic rings. The second-order valence-corrected chi connectivity index (χ2v) is 8.56. The minimum absolute atomic E-state index is 0.0588. The second-order valence-electron chi connectivity index (χ2n) is 6.88. The zero-order valence-corrected chi connectivity index (χ0v) is 18.0. The molecule has 0 aliphatic heterocycles. The Labute approximate surface area is 182 Å². The molecule has 3 aromatic rings. The number of benzene rings is 2. The molecule has 0 saturated heterocycles. The highest BCUT2D eigenvalue weighted by Crippen LogP contribution is 2.15. The normalized spacial score (nSPS) is 11.4. The number of aromatic nitrogens is 1. The largest absolute Gasteiger partial charge is 0.487 e. The third kappa shape index (κ3) is 6.79. The number of sulfonamides is 1. The van der Waals surface area contributed by atoms with E-state index >= 15 is 0 Å². The van der Waals surface area contributed by atoms with E-state index in [2.05, 4.69) is 16.6 Å². The lowest BCUT2D eigenvalue weighted by molar-refractivity contribution is -0.114. The second kappa shape index (κ2) is 10.5. The fourth-order valence-electron chi connectivity index (χ4n) is 2.84. The highest BCUT2D eigenvalue weighted by molar-refractivity contribution is 7.90. The van der Waals surface area contributed by atoms with Crippen LogP contribution in [0.15, 0.2) is 83.9 Å². The zero-order chi connectivity index (χ0) is 22.1. The van der Waals surface area contributed by atoms with Crippen molar-refractivity contribution in [2.24, 2.45) is 0 Å². The average Bonchev–Trinajstić information content (AvgIpc) is 2.78. The maximum atomic E-state index is 12.4. The Kier molecular flexibility index (Phi) is 7.56. The molecule has 7 heteroatoms. The summed E-state index contributed by atoms with van der Waals surface area (Å²) < 4.78 is 32.5. The maximum absolute atomic E-state index is 12.4. The summed E-state index contributed by atoms with van der Waals surface area (Å²) in [5.74, 6) is -0.0468. The molecular formula is C24H24N2O4S. The van der Waals surface area contributed by atoms with Crippen LogP contribution in [0.2, 0.25) is 0 Å². The number of amides is 1. The van der Waals surface area contributed by atoms with E-state index in [1.54, 1.807) is 42.6 Å². The molecule has 1 N–H and O–H groups in total. The first kappa shape index (κ1) is 22.2. The Hall–Kier alpha value is -3.45.